The Morgan fingerprint density at radius 3 is 2.23 bits per heavy atom. The maximum Gasteiger partial charge on any atom is 0.184 e. The van der Waals surface area contributed by atoms with E-state index in [-0.39, 0.29) is 0 Å². The van der Waals surface area contributed by atoms with E-state index < -0.39 is 0 Å². The summed E-state index contributed by atoms with van der Waals surface area (Å²) in [5.74, 6) is 4.25. The van der Waals surface area contributed by atoms with E-state index in [2.05, 4.69) is 13.8 Å². The molecule has 0 unspecified atom stereocenters. The molecule has 0 aromatic rings. The van der Waals surface area contributed by atoms with Crippen LogP contribution in [0, 0.1) is 5.92 Å². The second kappa shape index (κ2) is 5.69. The molecule has 0 atom stereocenters. The first-order chi connectivity index (χ1) is 6.27. The van der Waals surface area contributed by atoms with Gasteiger partial charge in [-0.2, -0.15) is 0 Å². The molecular formula is C11H21OS+. The van der Waals surface area contributed by atoms with Crippen molar-refractivity contribution >= 4 is 16.7 Å². The van der Waals surface area contributed by atoms with E-state index in [1.807, 2.05) is 0 Å². The summed E-state index contributed by atoms with van der Waals surface area (Å²) >= 11 is 0. The first kappa shape index (κ1) is 11.1. The summed E-state index contributed by atoms with van der Waals surface area (Å²) in [6.45, 7) is 4.41. The van der Waals surface area contributed by atoms with Gasteiger partial charge < -0.3 is 0 Å². The van der Waals surface area contributed by atoms with Gasteiger partial charge in [-0.3, -0.25) is 4.79 Å². The van der Waals surface area contributed by atoms with Gasteiger partial charge in [0.1, 0.15) is 11.5 Å². The van der Waals surface area contributed by atoms with Crippen molar-refractivity contribution in [2.75, 3.05) is 17.3 Å². The van der Waals surface area contributed by atoms with Crippen molar-refractivity contribution in [2.24, 2.45) is 5.92 Å². The van der Waals surface area contributed by atoms with E-state index in [0.29, 0.717) is 22.6 Å². The van der Waals surface area contributed by atoms with Gasteiger partial charge in [-0.05, 0) is 37.6 Å². The molecule has 0 amide bonds. The Morgan fingerprint density at radius 1 is 1.23 bits per heavy atom. The average Bonchev–Trinajstić information content (AvgIpc) is 2.66. The average molecular weight is 201 g/mol. The zero-order valence-electron chi connectivity index (χ0n) is 8.84. The zero-order chi connectivity index (χ0) is 9.68. The topological polar surface area (TPSA) is 17.1 Å². The Bertz CT molecular complexity index is 157. The Morgan fingerprint density at radius 2 is 1.77 bits per heavy atom. The lowest BCUT2D eigenvalue weighted by Gasteiger charge is -2.07. The second-order valence-electron chi connectivity index (χ2n) is 3.78. The molecule has 13 heavy (non-hydrogen) atoms. The highest BCUT2D eigenvalue weighted by molar-refractivity contribution is 7.97. The van der Waals surface area contributed by atoms with Gasteiger partial charge in [0, 0.05) is 5.92 Å². The summed E-state index contributed by atoms with van der Waals surface area (Å²) in [6, 6.07) is 0. The minimum Gasteiger partial charge on any atom is -0.294 e. The molecule has 0 radical (unpaired) electrons. The number of carbonyl (C=O) groups is 1. The highest BCUT2D eigenvalue weighted by Crippen LogP contribution is 2.26. The second-order valence-corrected chi connectivity index (χ2v) is 6.45. The maximum atomic E-state index is 11.8. The summed E-state index contributed by atoms with van der Waals surface area (Å²) in [6.07, 6.45) is 4.90. The smallest absolute Gasteiger partial charge is 0.184 e. The van der Waals surface area contributed by atoms with Crippen LogP contribution in [0.15, 0.2) is 0 Å². The molecular weight excluding hydrogens is 180 g/mol. The Labute approximate surface area is 84.6 Å². The summed E-state index contributed by atoms with van der Waals surface area (Å²) in [4.78, 5) is 11.8. The molecule has 0 N–H and O–H groups in total. The molecule has 1 rings (SSSR count). The highest BCUT2D eigenvalue weighted by Gasteiger charge is 2.27. The third-order valence-electron chi connectivity index (χ3n) is 2.97. The molecule has 0 bridgehead atoms. The summed E-state index contributed by atoms with van der Waals surface area (Å²) < 4.78 is 0. The van der Waals surface area contributed by atoms with E-state index in [1.165, 1.54) is 37.2 Å². The molecule has 0 aromatic carbocycles. The summed E-state index contributed by atoms with van der Waals surface area (Å²) in [5, 5.41) is 0. The van der Waals surface area contributed by atoms with Gasteiger partial charge in [-0.1, -0.05) is 12.8 Å². The van der Waals surface area contributed by atoms with Crippen molar-refractivity contribution in [3.05, 3.63) is 0 Å². The predicted octanol–water partition coefficient (Wildman–Crippen LogP) is 2.40. The van der Waals surface area contributed by atoms with Gasteiger partial charge in [-0.25, -0.2) is 0 Å². The standard InChI is InChI=1S/C11H21OS/c1-3-13(4-2)9-11(12)10-7-5-6-8-10/h10H,3-9H2,1-2H3/q+1. The molecule has 1 fully saturated rings. The van der Waals surface area contributed by atoms with Gasteiger partial charge in [0.05, 0.1) is 0 Å². The van der Waals surface area contributed by atoms with Crippen molar-refractivity contribution in [3.63, 3.8) is 0 Å². The maximum absolute atomic E-state index is 11.8. The monoisotopic (exact) mass is 201 g/mol. The highest BCUT2D eigenvalue weighted by atomic mass is 32.2. The van der Waals surface area contributed by atoms with E-state index in [1.54, 1.807) is 0 Å². The lowest BCUT2D eigenvalue weighted by atomic mass is 10.0. The Kier molecular flexibility index (Phi) is 4.86. The number of rotatable bonds is 5. The third-order valence-corrected chi connectivity index (χ3v) is 5.30. The van der Waals surface area contributed by atoms with Crippen LogP contribution >= 0.6 is 0 Å². The molecule has 76 valence electrons. The molecule has 1 nitrogen and oxygen atoms in total. The minimum absolute atomic E-state index is 0.386. The fourth-order valence-corrected chi connectivity index (χ4v) is 3.43. The number of carbonyl (C=O) groups excluding carboxylic acids is 1. The number of Topliss-reactive ketones (excluding diaryl/α,β-unsaturated/α-hetero) is 1. The lowest BCUT2D eigenvalue weighted by Crippen LogP contribution is -2.24. The number of ketones is 1. The first-order valence-corrected chi connectivity index (χ1v) is 7.18. The van der Waals surface area contributed by atoms with Crippen LogP contribution in [0.4, 0.5) is 0 Å². The molecule has 0 aromatic heterocycles. The quantitative estimate of drug-likeness (QED) is 0.624. The van der Waals surface area contributed by atoms with E-state index in [9.17, 15) is 4.79 Å². The van der Waals surface area contributed by atoms with Crippen molar-refractivity contribution in [1.82, 2.24) is 0 Å². The van der Waals surface area contributed by atoms with Gasteiger partial charge in [0.25, 0.3) is 0 Å². The predicted molar refractivity (Wildman–Crippen MR) is 60.3 cm³/mol. The SMILES string of the molecule is CC[S+](CC)CC(=O)C1CCCC1. The van der Waals surface area contributed by atoms with Crippen LogP contribution in [0.3, 0.4) is 0 Å². The van der Waals surface area contributed by atoms with E-state index in [0.717, 1.165) is 5.75 Å². The normalized spacial score (nSPS) is 18.4. The van der Waals surface area contributed by atoms with Crippen LogP contribution in [0.25, 0.3) is 0 Å². The van der Waals surface area contributed by atoms with Crippen LogP contribution in [-0.4, -0.2) is 23.0 Å². The molecule has 2 heteroatoms. The molecule has 0 heterocycles. The first-order valence-electron chi connectivity index (χ1n) is 5.44. The van der Waals surface area contributed by atoms with Crippen molar-refractivity contribution in [2.45, 2.75) is 39.5 Å². The van der Waals surface area contributed by atoms with Gasteiger partial charge in [0.15, 0.2) is 11.5 Å². The Balaban J connectivity index is 2.30. The van der Waals surface area contributed by atoms with E-state index in [4.69, 9.17) is 0 Å². The van der Waals surface area contributed by atoms with Gasteiger partial charge >= 0.3 is 0 Å². The fourth-order valence-electron chi connectivity index (χ4n) is 1.98. The van der Waals surface area contributed by atoms with Crippen LogP contribution < -0.4 is 0 Å². The molecule has 1 aliphatic rings. The van der Waals surface area contributed by atoms with Crippen molar-refractivity contribution < 1.29 is 4.79 Å². The zero-order valence-corrected chi connectivity index (χ0v) is 9.66. The van der Waals surface area contributed by atoms with Crippen molar-refractivity contribution in [3.8, 4) is 0 Å². The van der Waals surface area contributed by atoms with Crippen LogP contribution in [0.2, 0.25) is 0 Å². The molecule has 0 saturated heterocycles. The molecule has 1 aliphatic carbocycles. The van der Waals surface area contributed by atoms with Crippen LogP contribution in [0.1, 0.15) is 39.5 Å². The summed E-state index contributed by atoms with van der Waals surface area (Å²) in [5.41, 5.74) is 0. The Hall–Kier alpha value is 0.0200. The molecule has 1 saturated carbocycles. The number of hydrogen-bond acceptors (Lipinski definition) is 1. The largest absolute Gasteiger partial charge is 0.294 e. The molecule has 0 aliphatic heterocycles. The van der Waals surface area contributed by atoms with Crippen LogP contribution in [0.5, 0.6) is 0 Å². The minimum atomic E-state index is 0.386. The van der Waals surface area contributed by atoms with Crippen LogP contribution in [-0.2, 0) is 15.7 Å². The molecule has 0 spiro atoms. The lowest BCUT2D eigenvalue weighted by molar-refractivity contribution is -0.120. The van der Waals surface area contributed by atoms with E-state index >= 15 is 0 Å². The van der Waals surface area contributed by atoms with Gasteiger partial charge in [0.2, 0.25) is 0 Å². The van der Waals surface area contributed by atoms with Crippen molar-refractivity contribution in [1.29, 1.82) is 0 Å². The third kappa shape index (κ3) is 3.34. The summed E-state index contributed by atoms with van der Waals surface area (Å²) in [7, 11) is 0.386. The number of hydrogen-bond donors (Lipinski definition) is 0. The van der Waals surface area contributed by atoms with Gasteiger partial charge in [-0.15, -0.1) is 0 Å². The fraction of sp³-hybridized carbons (Fsp3) is 0.909.